The predicted molar refractivity (Wildman–Crippen MR) is 73.9 cm³/mol. The minimum Gasteiger partial charge on any atom is -0.321 e. The van der Waals surface area contributed by atoms with Gasteiger partial charge in [-0.25, -0.2) is 9.97 Å². The van der Waals surface area contributed by atoms with Gasteiger partial charge in [0.2, 0.25) is 0 Å². The fraction of sp³-hybridized carbons (Fsp3) is 0.0833. The van der Waals surface area contributed by atoms with Gasteiger partial charge in [-0.2, -0.15) is 0 Å². The smallest absolute Gasteiger partial charge is 0.255 e. The van der Waals surface area contributed by atoms with Crippen LogP contribution >= 0.6 is 27.5 Å². The van der Waals surface area contributed by atoms with Gasteiger partial charge in [-0.1, -0.05) is 11.6 Å². The van der Waals surface area contributed by atoms with Gasteiger partial charge in [0, 0.05) is 11.8 Å². The van der Waals surface area contributed by atoms with Gasteiger partial charge in [-0.15, -0.1) is 0 Å². The lowest BCUT2D eigenvalue weighted by molar-refractivity contribution is 0.102. The molecule has 2 aromatic heterocycles. The second kappa shape index (κ2) is 5.46. The van der Waals surface area contributed by atoms with Crippen LogP contribution in [-0.4, -0.2) is 15.9 Å². The van der Waals surface area contributed by atoms with Crippen LogP contribution in [0.25, 0.3) is 0 Å². The zero-order chi connectivity index (χ0) is 13.1. The van der Waals surface area contributed by atoms with E-state index in [2.05, 4.69) is 31.2 Å². The topological polar surface area (TPSA) is 54.9 Å². The largest absolute Gasteiger partial charge is 0.321 e. The summed E-state index contributed by atoms with van der Waals surface area (Å²) < 4.78 is 0.757. The van der Waals surface area contributed by atoms with Crippen molar-refractivity contribution in [1.29, 1.82) is 0 Å². The Morgan fingerprint density at radius 1 is 1.39 bits per heavy atom. The molecule has 18 heavy (non-hydrogen) atoms. The molecule has 0 bridgehead atoms. The SMILES string of the molecule is Cc1cc(NC(=O)c2ccnc(Cl)c2)cnc1Br. The highest BCUT2D eigenvalue weighted by Crippen LogP contribution is 2.17. The third-order valence-corrected chi connectivity index (χ3v) is 3.30. The molecule has 6 heteroatoms. The van der Waals surface area contributed by atoms with Crippen molar-refractivity contribution >= 4 is 39.1 Å². The van der Waals surface area contributed by atoms with E-state index < -0.39 is 0 Å². The number of rotatable bonds is 2. The van der Waals surface area contributed by atoms with Crippen molar-refractivity contribution in [2.75, 3.05) is 5.32 Å². The van der Waals surface area contributed by atoms with Crippen molar-refractivity contribution in [3.63, 3.8) is 0 Å². The highest BCUT2D eigenvalue weighted by molar-refractivity contribution is 9.10. The molecular formula is C12H9BrClN3O. The molecule has 0 saturated heterocycles. The van der Waals surface area contributed by atoms with E-state index in [4.69, 9.17) is 11.6 Å². The maximum atomic E-state index is 11.9. The van der Waals surface area contributed by atoms with E-state index in [1.54, 1.807) is 12.3 Å². The summed E-state index contributed by atoms with van der Waals surface area (Å²) in [6.07, 6.45) is 3.07. The molecule has 0 radical (unpaired) electrons. The van der Waals surface area contributed by atoms with Crippen molar-refractivity contribution in [2.24, 2.45) is 0 Å². The van der Waals surface area contributed by atoms with Gasteiger partial charge in [0.25, 0.3) is 5.91 Å². The van der Waals surface area contributed by atoms with Gasteiger partial charge < -0.3 is 5.32 Å². The summed E-state index contributed by atoms with van der Waals surface area (Å²) >= 11 is 9.03. The van der Waals surface area contributed by atoms with E-state index in [0.29, 0.717) is 11.3 Å². The standard InChI is InChI=1S/C12H9BrClN3O/c1-7-4-9(6-16-11(7)13)17-12(18)8-2-3-15-10(14)5-8/h2-6H,1H3,(H,17,18). The Labute approximate surface area is 118 Å². The zero-order valence-corrected chi connectivity index (χ0v) is 11.8. The first-order valence-electron chi connectivity index (χ1n) is 5.11. The van der Waals surface area contributed by atoms with E-state index in [0.717, 1.165) is 10.2 Å². The molecule has 0 fully saturated rings. The number of pyridine rings is 2. The molecule has 92 valence electrons. The van der Waals surface area contributed by atoms with Crippen molar-refractivity contribution in [2.45, 2.75) is 6.92 Å². The Morgan fingerprint density at radius 2 is 2.17 bits per heavy atom. The summed E-state index contributed by atoms with van der Waals surface area (Å²) in [6.45, 7) is 1.90. The summed E-state index contributed by atoms with van der Waals surface area (Å²) in [5.74, 6) is -0.247. The molecule has 2 rings (SSSR count). The molecule has 1 N–H and O–H groups in total. The maximum Gasteiger partial charge on any atom is 0.255 e. The molecule has 0 spiro atoms. The minimum atomic E-state index is -0.247. The molecule has 0 atom stereocenters. The zero-order valence-electron chi connectivity index (χ0n) is 9.45. The molecule has 0 aliphatic carbocycles. The molecule has 0 aliphatic rings. The van der Waals surface area contributed by atoms with Gasteiger partial charge >= 0.3 is 0 Å². The number of hydrogen-bond acceptors (Lipinski definition) is 3. The second-order valence-corrected chi connectivity index (χ2v) is 4.79. The van der Waals surface area contributed by atoms with Crippen molar-refractivity contribution in [3.05, 3.63) is 51.5 Å². The van der Waals surface area contributed by atoms with Gasteiger partial charge in [-0.3, -0.25) is 4.79 Å². The number of nitrogens with one attached hydrogen (secondary N) is 1. The van der Waals surface area contributed by atoms with Crippen molar-refractivity contribution < 1.29 is 4.79 Å². The number of halogens is 2. The Morgan fingerprint density at radius 3 is 2.83 bits per heavy atom. The van der Waals surface area contributed by atoms with E-state index in [9.17, 15) is 4.79 Å². The molecule has 2 aromatic rings. The van der Waals surface area contributed by atoms with E-state index in [-0.39, 0.29) is 11.1 Å². The van der Waals surface area contributed by atoms with E-state index >= 15 is 0 Å². The summed E-state index contributed by atoms with van der Waals surface area (Å²) in [6, 6.07) is 4.94. The van der Waals surface area contributed by atoms with Crippen LogP contribution < -0.4 is 5.32 Å². The summed E-state index contributed by atoms with van der Waals surface area (Å²) in [7, 11) is 0. The van der Waals surface area contributed by atoms with E-state index in [1.165, 1.54) is 12.3 Å². The normalized spacial score (nSPS) is 10.2. The first-order chi connectivity index (χ1) is 8.56. The fourth-order valence-corrected chi connectivity index (χ4v) is 1.76. The molecule has 1 amide bonds. The number of amides is 1. The second-order valence-electron chi connectivity index (χ2n) is 3.65. The summed E-state index contributed by atoms with van der Waals surface area (Å²) in [4.78, 5) is 19.9. The number of carbonyl (C=O) groups is 1. The Hall–Kier alpha value is -1.46. The lowest BCUT2D eigenvalue weighted by atomic mass is 10.2. The number of nitrogens with zero attached hydrogens (tertiary/aromatic N) is 2. The Kier molecular flexibility index (Phi) is 3.93. The van der Waals surface area contributed by atoms with Gasteiger partial charge in [0.05, 0.1) is 11.9 Å². The Balaban J connectivity index is 2.18. The number of aromatic nitrogens is 2. The molecule has 0 saturated carbocycles. The average molecular weight is 327 g/mol. The molecular weight excluding hydrogens is 318 g/mol. The molecule has 4 nitrogen and oxygen atoms in total. The van der Waals surface area contributed by atoms with Crippen LogP contribution in [0.1, 0.15) is 15.9 Å². The predicted octanol–water partition coefficient (Wildman–Crippen LogP) is 3.45. The minimum absolute atomic E-state index is 0.247. The van der Waals surface area contributed by atoms with Gasteiger partial charge in [0.15, 0.2) is 0 Å². The van der Waals surface area contributed by atoms with Gasteiger partial charge in [0.1, 0.15) is 9.76 Å². The number of hydrogen-bond donors (Lipinski definition) is 1. The van der Waals surface area contributed by atoms with Crippen LogP contribution in [0.4, 0.5) is 5.69 Å². The third-order valence-electron chi connectivity index (χ3n) is 2.26. The Bertz CT molecular complexity index is 604. The number of carbonyl (C=O) groups excluding carboxylic acids is 1. The van der Waals surface area contributed by atoms with Crippen molar-refractivity contribution in [3.8, 4) is 0 Å². The number of aryl methyl sites for hydroxylation is 1. The summed E-state index contributed by atoms with van der Waals surface area (Å²) in [5, 5.41) is 3.03. The quantitative estimate of drug-likeness (QED) is 0.860. The average Bonchev–Trinajstić information content (AvgIpc) is 2.34. The third kappa shape index (κ3) is 3.05. The monoisotopic (exact) mass is 325 g/mol. The van der Waals surface area contributed by atoms with Gasteiger partial charge in [-0.05, 0) is 46.6 Å². The molecule has 0 aromatic carbocycles. The summed E-state index contributed by atoms with van der Waals surface area (Å²) in [5.41, 5.74) is 2.03. The lowest BCUT2D eigenvalue weighted by Crippen LogP contribution is -2.12. The number of anilines is 1. The fourth-order valence-electron chi connectivity index (χ4n) is 1.37. The van der Waals surface area contributed by atoms with Crippen LogP contribution in [0.5, 0.6) is 0 Å². The van der Waals surface area contributed by atoms with Crippen LogP contribution in [0, 0.1) is 6.92 Å². The van der Waals surface area contributed by atoms with Crippen LogP contribution in [0.2, 0.25) is 5.15 Å². The molecule has 0 aliphatic heterocycles. The van der Waals surface area contributed by atoms with Crippen LogP contribution in [-0.2, 0) is 0 Å². The lowest BCUT2D eigenvalue weighted by Gasteiger charge is -2.06. The first kappa shape index (κ1) is 13.0. The van der Waals surface area contributed by atoms with E-state index in [1.807, 2.05) is 13.0 Å². The highest BCUT2D eigenvalue weighted by atomic mass is 79.9. The molecule has 0 unspecified atom stereocenters. The first-order valence-corrected chi connectivity index (χ1v) is 6.28. The van der Waals surface area contributed by atoms with Crippen molar-refractivity contribution in [1.82, 2.24) is 9.97 Å². The highest BCUT2D eigenvalue weighted by Gasteiger charge is 2.08. The van der Waals surface area contributed by atoms with Crippen LogP contribution in [0.15, 0.2) is 35.2 Å². The van der Waals surface area contributed by atoms with Crippen LogP contribution in [0.3, 0.4) is 0 Å². The molecule has 2 heterocycles. The maximum absolute atomic E-state index is 11.9.